The molecule has 2 aliphatic rings. The van der Waals surface area contributed by atoms with E-state index in [2.05, 4.69) is 81.6 Å². The summed E-state index contributed by atoms with van der Waals surface area (Å²) in [5.74, 6) is 1.56. The Kier molecular flexibility index (Phi) is 8.43. The van der Waals surface area contributed by atoms with Crippen molar-refractivity contribution in [3.8, 4) is 0 Å². The standard InChI is InChI=1S/C32H42N6O2/c1-24-23-33-30(35-29(24)38(27-11-7-5-8-12-27)28-13-9-6-10-14-28)34-25-15-17-26(18-16-25)36-19-21-37(22-20-36)31(39)40-32(2,3)4/h5,7-8,11-12,15-18,23,28H,6,9-10,13-14,19-22H2,1-4H3,(H,33,34,35). The first-order valence-corrected chi connectivity index (χ1v) is 14.5. The molecular formula is C32H42N6O2. The van der Waals surface area contributed by atoms with Crippen LogP contribution in [0, 0.1) is 6.92 Å². The molecule has 40 heavy (non-hydrogen) atoms. The van der Waals surface area contributed by atoms with E-state index in [4.69, 9.17) is 9.72 Å². The van der Waals surface area contributed by atoms with Crippen LogP contribution in [0.1, 0.15) is 58.4 Å². The van der Waals surface area contributed by atoms with Crippen molar-refractivity contribution in [3.05, 3.63) is 66.4 Å². The summed E-state index contributed by atoms with van der Waals surface area (Å²) in [6.45, 7) is 10.6. The van der Waals surface area contributed by atoms with Gasteiger partial charge in [-0.05, 0) is 76.9 Å². The zero-order chi connectivity index (χ0) is 28.1. The number of rotatable bonds is 6. The molecule has 0 bridgehead atoms. The zero-order valence-electron chi connectivity index (χ0n) is 24.3. The molecule has 0 atom stereocenters. The Bertz CT molecular complexity index is 1260. The highest BCUT2D eigenvalue weighted by Gasteiger charge is 2.27. The van der Waals surface area contributed by atoms with E-state index in [0.29, 0.717) is 25.1 Å². The maximum Gasteiger partial charge on any atom is 0.410 e. The molecule has 8 nitrogen and oxygen atoms in total. The zero-order valence-corrected chi connectivity index (χ0v) is 24.3. The average molecular weight is 543 g/mol. The van der Waals surface area contributed by atoms with Crippen LogP contribution in [0.25, 0.3) is 0 Å². The number of aryl methyl sites for hydroxylation is 1. The minimum atomic E-state index is -0.477. The number of benzene rings is 2. The fourth-order valence-electron chi connectivity index (χ4n) is 5.53. The molecule has 1 amide bonds. The van der Waals surface area contributed by atoms with Crippen LogP contribution in [-0.2, 0) is 4.74 Å². The Hall–Kier alpha value is -3.81. The number of amides is 1. The molecule has 1 aliphatic heterocycles. The van der Waals surface area contributed by atoms with Gasteiger partial charge in [-0.15, -0.1) is 0 Å². The third-order valence-corrected chi connectivity index (χ3v) is 7.57. The summed E-state index contributed by atoms with van der Waals surface area (Å²) in [6, 6.07) is 19.4. The van der Waals surface area contributed by atoms with Gasteiger partial charge in [0.2, 0.25) is 5.95 Å². The molecule has 0 unspecified atom stereocenters. The minimum Gasteiger partial charge on any atom is -0.444 e. The first-order valence-electron chi connectivity index (χ1n) is 14.5. The van der Waals surface area contributed by atoms with Gasteiger partial charge in [0, 0.05) is 61.0 Å². The molecule has 8 heteroatoms. The van der Waals surface area contributed by atoms with Gasteiger partial charge in [-0.2, -0.15) is 4.98 Å². The van der Waals surface area contributed by atoms with Gasteiger partial charge in [-0.3, -0.25) is 0 Å². The SMILES string of the molecule is Cc1cnc(Nc2ccc(N3CCN(C(=O)OC(C)(C)C)CC3)cc2)nc1N(c1ccccc1)C1CCCCC1. The number of carbonyl (C=O) groups is 1. The number of ether oxygens (including phenoxy) is 1. The van der Waals surface area contributed by atoms with Crippen molar-refractivity contribution in [1.82, 2.24) is 14.9 Å². The second kappa shape index (κ2) is 12.1. The Balaban J connectivity index is 1.26. The van der Waals surface area contributed by atoms with Crippen LogP contribution in [-0.4, -0.2) is 58.8 Å². The largest absolute Gasteiger partial charge is 0.444 e. The maximum atomic E-state index is 12.4. The van der Waals surface area contributed by atoms with E-state index in [1.807, 2.05) is 27.0 Å². The summed E-state index contributed by atoms with van der Waals surface area (Å²) in [6.07, 6.45) is 7.85. The van der Waals surface area contributed by atoms with Crippen LogP contribution in [0.5, 0.6) is 0 Å². The maximum absolute atomic E-state index is 12.4. The predicted octanol–water partition coefficient (Wildman–Crippen LogP) is 7.06. The van der Waals surface area contributed by atoms with E-state index >= 15 is 0 Å². The summed E-state index contributed by atoms with van der Waals surface area (Å²) < 4.78 is 5.53. The van der Waals surface area contributed by atoms with Crippen LogP contribution >= 0.6 is 0 Å². The Morgan fingerprint density at radius 3 is 2.27 bits per heavy atom. The molecule has 1 aliphatic carbocycles. The topological polar surface area (TPSA) is 73.8 Å². The number of hydrogen-bond acceptors (Lipinski definition) is 7. The number of para-hydroxylation sites is 1. The second-order valence-corrected chi connectivity index (χ2v) is 11.8. The van der Waals surface area contributed by atoms with Crippen molar-refractivity contribution >= 4 is 34.9 Å². The van der Waals surface area contributed by atoms with Crippen molar-refractivity contribution < 1.29 is 9.53 Å². The summed E-state index contributed by atoms with van der Waals surface area (Å²) in [4.78, 5) is 28.5. The van der Waals surface area contributed by atoms with Crippen LogP contribution in [0.4, 0.5) is 33.6 Å². The van der Waals surface area contributed by atoms with Crippen molar-refractivity contribution in [2.45, 2.75) is 71.4 Å². The summed E-state index contributed by atoms with van der Waals surface area (Å²) in [7, 11) is 0. The monoisotopic (exact) mass is 542 g/mol. The van der Waals surface area contributed by atoms with E-state index in [-0.39, 0.29) is 6.09 Å². The predicted molar refractivity (Wildman–Crippen MR) is 162 cm³/mol. The van der Waals surface area contributed by atoms with Crippen molar-refractivity contribution in [2.24, 2.45) is 0 Å². The quantitative estimate of drug-likeness (QED) is 0.357. The van der Waals surface area contributed by atoms with Gasteiger partial charge < -0.3 is 24.8 Å². The van der Waals surface area contributed by atoms with Gasteiger partial charge in [0.1, 0.15) is 11.4 Å². The lowest BCUT2D eigenvalue weighted by atomic mass is 9.93. The fourth-order valence-corrected chi connectivity index (χ4v) is 5.53. The van der Waals surface area contributed by atoms with Gasteiger partial charge in [0.25, 0.3) is 0 Å². The lowest BCUT2D eigenvalue weighted by molar-refractivity contribution is 0.0240. The van der Waals surface area contributed by atoms with Gasteiger partial charge in [0.15, 0.2) is 0 Å². The Morgan fingerprint density at radius 2 is 1.62 bits per heavy atom. The van der Waals surface area contributed by atoms with Gasteiger partial charge >= 0.3 is 6.09 Å². The van der Waals surface area contributed by atoms with E-state index in [0.717, 1.165) is 35.8 Å². The number of hydrogen-bond donors (Lipinski definition) is 1. The molecule has 1 saturated carbocycles. The van der Waals surface area contributed by atoms with Crippen LogP contribution < -0.4 is 15.1 Å². The number of carbonyl (C=O) groups excluding carboxylic acids is 1. The molecule has 2 heterocycles. The van der Waals surface area contributed by atoms with Crippen molar-refractivity contribution in [2.75, 3.05) is 41.3 Å². The lowest BCUT2D eigenvalue weighted by Gasteiger charge is -2.36. The molecule has 2 aromatic carbocycles. The highest BCUT2D eigenvalue weighted by molar-refractivity contribution is 5.69. The van der Waals surface area contributed by atoms with Crippen molar-refractivity contribution in [1.29, 1.82) is 0 Å². The molecule has 5 rings (SSSR count). The number of piperazine rings is 1. The molecule has 1 saturated heterocycles. The first kappa shape index (κ1) is 27.7. The molecule has 3 aromatic rings. The number of aromatic nitrogens is 2. The van der Waals surface area contributed by atoms with E-state index in [9.17, 15) is 4.79 Å². The van der Waals surface area contributed by atoms with E-state index in [1.54, 1.807) is 4.90 Å². The van der Waals surface area contributed by atoms with Gasteiger partial charge in [-0.1, -0.05) is 37.5 Å². The summed E-state index contributed by atoms with van der Waals surface area (Å²) >= 11 is 0. The summed E-state index contributed by atoms with van der Waals surface area (Å²) in [5, 5.41) is 3.42. The Morgan fingerprint density at radius 1 is 0.950 bits per heavy atom. The molecule has 2 fully saturated rings. The Labute approximate surface area is 238 Å². The molecular weight excluding hydrogens is 500 g/mol. The third kappa shape index (κ3) is 6.84. The highest BCUT2D eigenvalue weighted by atomic mass is 16.6. The van der Waals surface area contributed by atoms with Crippen molar-refractivity contribution in [3.63, 3.8) is 0 Å². The van der Waals surface area contributed by atoms with Crippen LogP contribution in [0.2, 0.25) is 0 Å². The summed E-state index contributed by atoms with van der Waals surface area (Å²) in [5.41, 5.74) is 3.84. The smallest absolute Gasteiger partial charge is 0.410 e. The average Bonchev–Trinajstić information content (AvgIpc) is 2.96. The van der Waals surface area contributed by atoms with Crippen LogP contribution in [0.15, 0.2) is 60.8 Å². The number of nitrogens with one attached hydrogen (secondary N) is 1. The third-order valence-electron chi connectivity index (χ3n) is 7.57. The highest BCUT2D eigenvalue weighted by Crippen LogP contribution is 2.35. The molecule has 212 valence electrons. The molecule has 0 spiro atoms. The number of anilines is 5. The first-order chi connectivity index (χ1) is 19.3. The minimum absolute atomic E-state index is 0.238. The van der Waals surface area contributed by atoms with E-state index < -0.39 is 5.60 Å². The van der Waals surface area contributed by atoms with Gasteiger partial charge in [0.05, 0.1) is 0 Å². The molecule has 1 N–H and O–H groups in total. The van der Waals surface area contributed by atoms with Crippen LogP contribution in [0.3, 0.4) is 0 Å². The molecule has 1 aromatic heterocycles. The number of nitrogens with zero attached hydrogens (tertiary/aromatic N) is 5. The van der Waals surface area contributed by atoms with Gasteiger partial charge in [-0.25, -0.2) is 9.78 Å². The lowest BCUT2D eigenvalue weighted by Crippen LogP contribution is -2.50. The molecule has 0 radical (unpaired) electrons. The van der Waals surface area contributed by atoms with E-state index in [1.165, 1.54) is 37.8 Å². The second-order valence-electron chi connectivity index (χ2n) is 11.8. The fraction of sp³-hybridized carbons (Fsp3) is 0.469. The normalized spacial score (nSPS) is 16.5.